The molecule has 1 N–H and O–H groups in total. The van der Waals surface area contributed by atoms with Crippen molar-refractivity contribution in [3.05, 3.63) is 47.4 Å². The highest BCUT2D eigenvalue weighted by Gasteiger charge is 2.14. The van der Waals surface area contributed by atoms with Gasteiger partial charge in [-0.15, -0.1) is 0 Å². The van der Waals surface area contributed by atoms with E-state index in [1.165, 1.54) is 12.1 Å². The number of hydrogen-bond acceptors (Lipinski definition) is 4. The van der Waals surface area contributed by atoms with Crippen LogP contribution in [-0.4, -0.2) is 15.1 Å². The van der Waals surface area contributed by atoms with Gasteiger partial charge in [0.15, 0.2) is 0 Å². The quantitative estimate of drug-likeness (QED) is 0.774. The van der Waals surface area contributed by atoms with E-state index < -0.39 is 0 Å². The van der Waals surface area contributed by atoms with Crippen molar-refractivity contribution < 1.29 is 8.91 Å². The van der Waals surface area contributed by atoms with Crippen LogP contribution in [0.1, 0.15) is 11.3 Å². The van der Waals surface area contributed by atoms with Crippen LogP contribution in [0.3, 0.4) is 0 Å². The zero-order valence-corrected chi connectivity index (χ0v) is 10.5. The van der Waals surface area contributed by atoms with E-state index in [2.05, 4.69) is 15.1 Å². The first-order valence-corrected chi connectivity index (χ1v) is 5.87. The lowest BCUT2D eigenvalue weighted by molar-refractivity contribution is 0.431. The molecule has 0 spiro atoms. The topological polar surface area (TPSA) is 78.5 Å². The number of nitriles is 1. The van der Waals surface area contributed by atoms with E-state index in [-0.39, 0.29) is 11.7 Å². The summed E-state index contributed by atoms with van der Waals surface area (Å²) in [6.45, 7) is 1.77. The highest BCUT2D eigenvalue weighted by molar-refractivity contribution is 5.62. The summed E-state index contributed by atoms with van der Waals surface area (Å²) in [6.07, 6.45) is 0. The number of halogens is 1. The Labute approximate surface area is 113 Å². The van der Waals surface area contributed by atoms with Gasteiger partial charge < -0.3 is 9.51 Å². The Morgan fingerprint density at radius 1 is 1.30 bits per heavy atom. The molecule has 5 nitrogen and oxygen atoms in total. The van der Waals surface area contributed by atoms with E-state index in [4.69, 9.17) is 9.78 Å². The Bertz CT molecular complexity index is 813. The summed E-state index contributed by atoms with van der Waals surface area (Å²) in [5, 5.41) is 12.6. The molecule has 0 saturated carbocycles. The third kappa shape index (κ3) is 2.06. The maximum absolute atomic E-state index is 13.1. The minimum Gasteiger partial charge on any atom is -0.342 e. The fraction of sp³-hybridized carbons (Fsp3) is 0.0714. The molecule has 0 radical (unpaired) electrons. The number of aromatic nitrogens is 3. The van der Waals surface area contributed by atoms with Gasteiger partial charge in [0.05, 0.1) is 0 Å². The highest BCUT2D eigenvalue weighted by Crippen LogP contribution is 2.24. The van der Waals surface area contributed by atoms with Crippen molar-refractivity contribution in [1.29, 1.82) is 5.26 Å². The fourth-order valence-corrected chi connectivity index (χ4v) is 1.91. The van der Waals surface area contributed by atoms with Crippen LogP contribution in [0.25, 0.3) is 23.0 Å². The van der Waals surface area contributed by atoms with E-state index in [0.29, 0.717) is 22.8 Å². The van der Waals surface area contributed by atoms with Gasteiger partial charge in [0.1, 0.15) is 23.3 Å². The van der Waals surface area contributed by atoms with E-state index >= 15 is 0 Å². The third-order valence-corrected chi connectivity index (χ3v) is 2.89. The number of rotatable bonds is 2. The van der Waals surface area contributed by atoms with Crippen LogP contribution in [0.15, 0.2) is 34.9 Å². The highest BCUT2D eigenvalue weighted by atomic mass is 19.1. The molecule has 0 unspecified atom stereocenters. The number of aromatic amines is 1. The molecule has 0 amide bonds. The van der Waals surface area contributed by atoms with Gasteiger partial charge in [-0.2, -0.15) is 10.2 Å². The lowest BCUT2D eigenvalue weighted by Gasteiger charge is -1.99. The lowest BCUT2D eigenvalue weighted by Crippen LogP contribution is -1.87. The summed E-state index contributed by atoms with van der Waals surface area (Å²) in [5.41, 5.74) is 2.41. The first-order chi connectivity index (χ1) is 9.67. The zero-order valence-electron chi connectivity index (χ0n) is 10.5. The second-order valence-electron chi connectivity index (χ2n) is 4.28. The number of nitrogens with one attached hydrogen (secondary N) is 1. The minimum atomic E-state index is -0.307. The van der Waals surface area contributed by atoms with Crippen LogP contribution < -0.4 is 0 Å². The van der Waals surface area contributed by atoms with Crippen LogP contribution in [0.5, 0.6) is 0 Å². The molecule has 3 aromatic rings. The molecule has 2 heterocycles. The predicted molar refractivity (Wildman–Crippen MR) is 68.9 cm³/mol. The molecule has 0 fully saturated rings. The molecule has 6 heteroatoms. The molecule has 0 bridgehead atoms. The largest absolute Gasteiger partial charge is 0.342 e. The zero-order chi connectivity index (χ0) is 14.1. The average molecular weight is 268 g/mol. The third-order valence-electron chi connectivity index (χ3n) is 2.89. The van der Waals surface area contributed by atoms with Crippen LogP contribution in [0.2, 0.25) is 0 Å². The first-order valence-electron chi connectivity index (χ1n) is 5.87. The number of aryl methyl sites for hydroxylation is 1. The van der Waals surface area contributed by atoms with Gasteiger partial charge in [-0.05, 0) is 42.8 Å². The molecular weight excluding hydrogens is 259 g/mol. The Balaban J connectivity index is 2.00. The van der Waals surface area contributed by atoms with Gasteiger partial charge in [0.2, 0.25) is 5.82 Å². The molecule has 0 aliphatic heterocycles. The van der Waals surface area contributed by atoms with Crippen LogP contribution in [0.4, 0.5) is 4.39 Å². The lowest BCUT2D eigenvalue weighted by atomic mass is 10.1. The Morgan fingerprint density at radius 2 is 2.15 bits per heavy atom. The van der Waals surface area contributed by atoms with E-state index in [1.807, 2.05) is 6.07 Å². The maximum Gasteiger partial charge on any atom is 0.274 e. The summed E-state index contributed by atoms with van der Waals surface area (Å²) >= 11 is 0. The predicted octanol–water partition coefficient (Wildman–Crippen LogP) is 3.05. The number of H-pyrrole nitrogens is 1. The van der Waals surface area contributed by atoms with E-state index in [1.54, 1.807) is 25.1 Å². The second-order valence-corrected chi connectivity index (χ2v) is 4.28. The molecule has 0 aliphatic rings. The number of hydrogen-bond donors (Lipinski definition) is 1. The smallest absolute Gasteiger partial charge is 0.274 e. The van der Waals surface area contributed by atoms with E-state index in [9.17, 15) is 4.39 Å². The van der Waals surface area contributed by atoms with Crippen molar-refractivity contribution >= 4 is 0 Å². The SMILES string of the molecule is Cc1cc(F)ccc1-c1noc(-c2ccc(C#N)[nH]2)n1. The van der Waals surface area contributed by atoms with Gasteiger partial charge in [-0.3, -0.25) is 0 Å². The van der Waals surface area contributed by atoms with Gasteiger partial charge in [-0.1, -0.05) is 5.16 Å². The maximum atomic E-state index is 13.1. The standard InChI is InChI=1S/C14H9FN4O/c1-8-6-9(15)2-4-11(8)13-18-14(20-19-13)12-5-3-10(7-16)17-12/h2-6,17H,1H3. The van der Waals surface area contributed by atoms with Crippen LogP contribution >= 0.6 is 0 Å². The Morgan fingerprint density at radius 3 is 2.85 bits per heavy atom. The molecule has 20 heavy (non-hydrogen) atoms. The number of nitrogens with zero attached hydrogens (tertiary/aromatic N) is 3. The Kier molecular flexibility index (Phi) is 2.80. The van der Waals surface area contributed by atoms with Crippen LogP contribution in [-0.2, 0) is 0 Å². The minimum absolute atomic E-state index is 0.283. The fourth-order valence-electron chi connectivity index (χ4n) is 1.91. The van der Waals surface area contributed by atoms with Crippen molar-refractivity contribution in [2.75, 3.05) is 0 Å². The Hall–Kier alpha value is -2.94. The average Bonchev–Trinajstić information content (AvgIpc) is 3.07. The summed E-state index contributed by atoms with van der Waals surface area (Å²) in [4.78, 5) is 7.10. The van der Waals surface area contributed by atoms with Crippen molar-refractivity contribution in [2.24, 2.45) is 0 Å². The molecule has 0 atom stereocenters. The van der Waals surface area contributed by atoms with Crippen molar-refractivity contribution in [2.45, 2.75) is 6.92 Å². The van der Waals surface area contributed by atoms with Crippen molar-refractivity contribution in [3.63, 3.8) is 0 Å². The monoisotopic (exact) mass is 268 g/mol. The summed E-state index contributed by atoms with van der Waals surface area (Å²) < 4.78 is 18.2. The molecular formula is C14H9FN4O. The summed E-state index contributed by atoms with van der Waals surface area (Å²) in [5.74, 6) is 0.355. The molecule has 0 aliphatic carbocycles. The molecule has 98 valence electrons. The first kappa shape index (κ1) is 12.1. The summed E-state index contributed by atoms with van der Waals surface area (Å²) in [7, 11) is 0. The molecule has 0 saturated heterocycles. The van der Waals surface area contributed by atoms with Gasteiger partial charge >= 0.3 is 0 Å². The molecule has 2 aromatic heterocycles. The van der Waals surface area contributed by atoms with Gasteiger partial charge in [-0.25, -0.2) is 4.39 Å². The van der Waals surface area contributed by atoms with Crippen LogP contribution in [0, 0.1) is 24.1 Å². The van der Waals surface area contributed by atoms with Crippen molar-refractivity contribution in [1.82, 2.24) is 15.1 Å². The molecule has 1 aromatic carbocycles. The molecule has 3 rings (SSSR count). The number of benzene rings is 1. The normalized spacial score (nSPS) is 10.4. The van der Waals surface area contributed by atoms with Crippen molar-refractivity contribution in [3.8, 4) is 29.0 Å². The van der Waals surface area contributed by atoms with Gasteiger partial charge in [0, 0.05) is 5.56 Å². The van der Waals surface area contributed by atoms with E-state index in [0.717, 1.165) is 5.56 Å². The second kappa shape index (κ2) is 4.63. The van der Waals surface area contributed by atoms with Gasteiger partial charge in [0.25, 0.3) is 5.89 Å². The summed E-state index contributed by atoms with van der Waals surface area (Å²) in [6, 6.07) is 9.66.